The second kappa shape index (κ2) is 12.4. The Labute approximate surface area is 214 Å². The van der Waals surface area contributed by atoms with Crippen LogP contribution in [0.15, 0.2) is 120 Å². The summed E-state index contributed by atoms with van der Waals surface area (Å²) >= 11 is 0. The predicted octanol–water partition coefficient (Wildman–Crippen LogP) is 5.32. The van der Waals surface area contributed by atoms with Crippen LogP contribution >= 0.6 is 0 Å². The molecule has 0 saturated carbocycles. The summed E-state index contributed by atoms with van der Waals surface area (Å²) < 4.78 is 5.49. The Hall–Kier alpha value is -5.30. The van der Waals surface area contributed by atoms with Crippen molar-refractivity contribution in [1.29, 1.82) is 0 Å². The second-order valence-corrected chi connectivity index (χ2v) is 7.77. The minimum Gasteiger partial charge on any atom is -0.422 e. The normalized spacial score (nSPS) is 10.8. The van der Waals surface area contributed by atoms with Crippen LogP contribution < -0.4 is 15.5 Å². The maximum Gasteiger partial charge on any atom is 0.343 e. The van der Waals surface area contributed by atoms with Crippen LogP contribution in [-0.4, -0.2) is 24.0 Å². The molecule has 0 saturated heterocycles. The predicted molar refractivity (Wildman–Crippen MR) is 143 cm³/mol. The fourth-order valence-electron chi connectivity index (χ4n) is 3.33. The lowest BCUT2D eigenvalue weighted by atomic mass is 10.1. The molecule has 4 aromatic carbocycles. The van der Waals surface area contributed by atoms with Crippen molar-refractivity contribution >= 4 is 35.8 Å². The highest BCUT2D eigenvalue weighted by Gasteiger charge is 2.13. The smallest absolute Gasteiger partial charge is 0.343 e. The molecule has 182 valence electrons. The highest BCUT2D eigenvalue weighted by Crippen LogP contribution is 2.18. The highest BCUT2D eigenvalue weighted by molar-refractivity contribution is 6.07. The maximum atomic E-state index is 12.8. The Balaban J connectivity index is 1.41. The summed E-state index contributed by atoms with van der Waals surface area (Å²) in [5.41, 5.74) is 4.83. The standard InChI is InChI=1S/C30H23N3O4/c34-28(20-19-22-11-3-1-4-12-22)32-26-17-9-8-16-25(26)29(35)33-31-21-24-15-7-10-18-27(24)37-30(36)23-13-5-2-6-14-23/h1-21H,(H,32,34)(H,33,35)/b20-19+,31-21-. The number of para-hydroxylation sites is 2. The molecule has 2 amide bonds. The minimum atomic E-state index is -0.516. The molecule has 0 aromatic heterocycles. The van der Waals surface area contributed by atoms with E-state index in [-0.39, 0.29) is 11.5 Å². The molecule has 0 radical (unpaired) electrons. The van der Waals surface area contributed by atoms with Crippen LogP contribution in [0.25, 0.3) is 6.08 Å². The van der Waals surface area contributed by atoms with Crippen LogP contribution in [0.2, 0.25) is 0 Å². The van der Waals surface area contributed by atoms with E-state index in [2.05, 4.69) is 15.8 Å². The molecule has 0 heterocycles. The summed E-state index contributed by atoms with van der Waals surface area (Å²) in [5, 5.41) is 6.73. The average molecular weight is 490 g/mol. The van der Waals surface area contributed by atoms with Crippen LogP contribution in [0.4, 0.5) is 5.69 Å². The van der Waals surface area contributed by atoms with E-state index in [4.69, 9.17) is 4.74 Å². The van der Waals surface area contributed by atoms with E-state index < -0.39 is 11.9 Å². The van der Waals surface area contributed by atoms with Gasteiger partial charge in [-0.1, -0.05) is 72.8 Å². The molecule has 0 fully saturated rings. The minimum absolute atomic E-state index is 0.241. The third-order valence-corrected chi connectivity index (χ3v) is 5.16. The zero-order valence-electron chi connectivity index (χ0n) is 19.7. The number of hydrogen-bond donors (Lipinski definition) is 2. The van der Waals surface area contributed by atoms with Crippen LogP contribution in [0.1, 0.15) is 31.8 Å². The third kappa shape index (κ3) is 7.10. The maximum absolute atomic E-state index is 12.8. The molecule has 0 aliphatic heterocycles. The van der Waals surface area contributed by atoms with E-state index in [1.54, 1.807) is 78.9 Å². The van der Waals surface area contributed by atoms with Crippen molar-refractivity contribution in [3.63, 3.8) is 0 Å². The quantitative estimate of drug-likeness (QED) is 0.115. The Kier molecular flexibility index (Phi) is 8.33. The molecule has 2 N–H and O–H groups in total. The summed E-state index contributed by atoms with van der Waals surface area (Å²) in [5.74, 6) is -1.09. The fraction of sp³-hybridized carbons (Fsp3) is 0. The molecule has 0 atom stereocenters. The van der Waals surface area contributed by atoms with Crippen molar-refractivity contribution in [2.24, 2.45) is 5.10 Å². The summed E-state index contributed by atoms with van der Waals surface area (Å²) in [6.45, 7) is 0. The van der Waals surface area contributed by atoms with Crippen LogP contribution in [0.5, 0.6) is 5.75 Å². The van der Waals surface area contributed by atoms with E-state index in [1.165, 1.54) is 12.3 Å². The van der Waals surface area contributed by atoms with Gasteiger partial charge >= 0.3 is 5.97 Å². The largest absolute Gasteiger partial charge is 0.422 e. The average Bonchev–Trinajstić information content (AvgIpc) is 2.94. The monoisotopic (exact) mass is 489 g/mol. The lowest BCUT2D eigenvalue weighted by Gasteiger charge is -2.09. The van der Waals surface area contributed by atoms with E-state index in [1.807, 2.05) is 36.4 Å². The number of carbonyl (C=O) groups is 3. The SMILES string of the molecule is O=C(/C=C/c1ccccc1)Nc1ccccc1C(=O)N/N=C\c1ccccc1OC(=O)c1ccccc1. The van der Waals surface area contributed by atoms with Gasteiger partial charge in [-0.05, 0) is 48.0 Å². The zero-order valence-corrected chi connectivity index (χ0v) is 19.7. The number of ether oxygens (including phenoxy) is 1. The molecule has 0 aliphatic rings. The number of benzene rings is 4. The topological polar surface area (TPSA) is 96.9 Å². The van der Waals surface area contributed by atoms with E-state index in [9.17, 15) is 14.4 Å². The van der Waals surface area contributed by atoms with Gasteiger partial charge in [-0.15, -0.1) is 0 Å². The van der Waals surface area contributed by atoms with Gasteiger partial charge < -0.3 is 10.1 Å². The molecule has 0 aliphatic carbocycles. The molecule has 7 nitrogen and oxygen atoms in total. The van der Waals surface area contributed by atoms with Crippen molar-refractivity contribution in [2.45, 2.75) is 0 Å². The molecule has 4 rings (SSSR count). The number of nitrogens with one attached hydrogen (secondary N) is 2. The van der Waals surface area contributed by atoms with Gasteiger partial charge in [0.2, 0.25) is 5.91 Å². The van der Waals surface area contributed by atoms with Gasteiger partial charge in [0.15, 0.2) is 0 Å². The first-order valence-corrected chi connectivity index (χ1v) is 11.4. The van der Waals surface area contributed by atoms with Gasteiger partial charge in [0.05, 0.1) is 23.0 Å². The van der Waals surface area contributed by atoms with Crippen molar-refractivity contribution in [3.8, 4) is 5.75 Å². The fourth-order valence-corrected chi connectivity index (χ4v) is 3.33. The molecule has 4 aromatic rings. The number of rotatable bonds is 8. The Morgan fingerprint density at radius 3 is 2.16 bits per heavy atom. The van der Waals surface area contributed by atoms with Crippen molar-refractivity contribution < 1.29 is 19.1 Å². The third-order valence-electron chi connectivity index (χ3n) is 5.16. The van der Waals surface area contributed by atoms with Gasteiger partial charge in [-0.3, -0.25) is 9.59 Å². The molecule has 37 heavy (non-hydrogen) atoms. The van der Waals surface area contributed by atoms with Crippen LogP contribution in [-0.2, 0) is 4.79 Å². The van der Waals surface area contributed by atoms with Crippen LogP contribution in [0, 0.1) is 0 Å². The molecular formula is C30H23N3O4. The van der Waals surface area contributed by atoms with Gasteiger partial charge in [-0.2, -0.15) is 5.10 Å². The number of esters is 1. The summed E-state index contributed by atoms with van der Waals surface area (Å²) in [6, 6.07) is 31.5. The number of anilines is 1. The number of hydrazone groups is 1. The molecule has 0 spiro atoms. The van der Waals surface area contributed by atoms with Gasteiger partial charge in [0.25, 0.3) is 5.91 Å². The zero-order chi connectivity index (χ0) is 25.9. The van der Waals surface area contributed by atoms with Crippen molar-refractivity contribution in [1.82, 2.24) is 5.43 Å². The molecule has 0 unspecified atom stereocenters. The van der Waals surface area contributed by atoms with E-state index >= 15 is 0 Å². The van der Waals surface area contributed by atoms with E-state index in [0.29, 0.717) is 22.6 Å². The summed E-state index contributed by atoms with van der Waals surface area (Å²) in [4.78, 5) is 37.6. The lowest BCUT2D eigenvalue weighted by Crippen LogP contribution is -2.20. The van der Waals surface area contributed by atoms with E-state index in [0.717, 1.165) is 5.56 Å². The summed E-state index contributed by atoms with van der Waals surface area (Å²) in [6.07, 6.45) is 4.47. The van der Waals surface area contributed by atoms with Crippen LogP contribution in [0.3, 0.4) is 0 Å². The van der Waals surface area contributed by atoms with Gasteiger partial charge in [0, 0.05) is 11.6 Å². The van der Waals surface area contributed by atoms with Gasteiger partial charge in [0.1, 0.15) is 5.75 Å². The molecule has 7 heteroatoms. The number of hydrogen-bond acceptors (Lipinski definition) is 5. The first kappa shape index (κ1) is 24.8. The first-order chi connectivity index (χ1) is 18.1. The molecular weight excluding hydrogens is 466 g/mol. The van der Waals surface area contributed by atoms with Gasteiger partial charge in [-0.25, -0.2) is 10.2 Å². The number of amides is 2. The van der Waals surface area contributed by atoms with Crippen molar-refractivity contribution in [3.05, 3.63) is 138 Å². The first-order valence-electron chi connectivity index (χ1n) is 11.4. The number of carbonyl (C=O) groups excluding carboxylic acids is 3. The highest BCUT2D eigenvalue weighted by atomic mass is 16.5. The molecule has 0 bridgehead atoms. The number of nitrogens with zero attached hydrogens (tertiary/aromatic N) is 1. The lowest BCUT2D eigenvalue weighted by molar-refractivity contribution is -0.111. The summed E-state index contributed by atoms with van der Waals surface area (Å²) in [7, 11) is 0. The Bertz CT molecular complexity index is 1450. The Morgan fingerprint density at radius 2 is 1.38 bits per heavy atom. The second-order valence-electron chi connectivity index (χ2n) is 7.77. The van der Waals surface area contributed by atoms with Crippen molar-refractivity contribution in [2.75, 3.05) is 5.32 Å². The Morgan fingerprint density at radius 1 is 0.730 bits per heavy atom.